The van der Waals surface area contributed by atoms with Crippen molar-refractivity contribution in [2.75, 3.05) is 0 Å². The van der Waals surface area contributed by atoms with Crippen LogP contribution in [0.1, 0.15) is 41.0 Å². The maximum absolute atomic E-state index is 12.4. The summed E-state index contributed by atoms with van der Waals surface area (Å²) < 4.78 is 11.3. The first-order chi connectivity index (χ1) is 10.9. The molecular weight excluding hydrogens is 300 g/mol. The number of carboxylic acids is 1. The van der Waals surface area contributed by atoms with Crippen molar-refractivity contribution in [3.63, 3.8) is 0 Å². The number of carboxylic acid groups (broad SMARTS) is 1. The molecule has 3 rings (SSSR count). The van der Waals surface area contributed by atoms with E-state index < -0.39 is 24.1 Å². The molecule has 1 aromatic rings. The van der Waals surface area contributed by atoms with E-state index in [0.717, 1.165) is 0 Å². The number of carbonyl (C=O) groups excluding carboxylic acids is 1. The van der Waals surface area contributed by atoms with E-state index in [2.05, 4.69) is 6.92 Å². The summed E-state index contributed by atoms with van der Waals surface area (Å²) in [5.41, 5.74) is -0.137. The Kier molecular flexibility index (Phi) is 4.12. The SMILES string of the molecule is C[C@H]1[C@H](O)[C@H](OC(=O)c2ccccc2C(=O)O)[C@@H]2C[C@@H](C)[C@H]1O2. The zero-order chi connectivity index (χ0) is 16.7. The van der Waals surface area contributed by atoms with Crippen LogP contribution >= 0.6 is 0 Å². The lowest BCUT2D eigenvalue weighted by Gasteiger charge is -2.38. The Bertz CT molecular complexity index is 625. The number of benzene rings is 1. The molecule has 1 aromatic carbocycles. The fourth-order valence-electron chi connectivity index (χ4n) is 3.64. The summed E-state index contributed by atoms with van der Waals surface area (Å²) in [6.07, 6.45) is -1.26. The summed E-state index contributed by atoms with van der Waals surface area (Å²) in [5.74, 6) is -1.79. The molecule has 0 aromatic heterocycles. The molecular formula is C17H20O6. The largest absolute Gasteiger partial charge is 0.478 e. The first kappa shape index (κ1) is 16.0. The maximum Gasteiger partial charge on any atom is 0.339 e. The second-order valence-electron chi connectivity index (χ2n) is 6.42. The molecule has 23 heavy (non-hydrogen) atoms. The third kappa shape index (κ3) is 2.72. The van der Waals surface area contributed by atoms with Crippen molar-refractivity contribution in [1.82, 2.24) is 0 Å². The van der Waals surface area contributed by atoms with Crippen LogP contribution in [0.3, 0.4) is 0 Å². The van der Waals surface area contributed by atoms with Crippen molar-refractivity contribution in [2.24, 2.45) is 11.8 Å². The van der Waals surface area contributed by atoms with E-state index in [-0.39, 0.29) is 29.3 Å². The van der Waals surface area contributed by atoms with Crippen LogP contribution in [0.5, 0.6) is 0 Å². The van der Waals surface area contributed by atoms with Crippen molar-refractivity contribution < 1.29 is 29.3 Å². The Balaban J connectivity index is 1.82. The summed E-state index contributed by atoms with van der Waals surface area (Å²) in [5, 5.41) is 19.6. The molecule has 0 aliphatic carbocycles. The zero-order valence-electron chi connectivity index (χ0n) is 13.0. The molecule has 0 saturated carbocycles. The highest BCUT2D eigenvalue weighted by atomic mass is 16.6. The van der Waals surface area contributed by atoms with Gasteiger partial charge in [-0.2, -0.15) is 0 Å². The third-order valence-corrected chi connectivity index (χ3v) is 4.88. The van der Waals surface area contributed by atoms with Crippen LogP contribution in [-0.2, 0) is 9.47 Å². The van der Waals surface area contributed by atoms with Crippen molar-refractivity contribution in [3.05, 3.63) is 35.4 Å². The van der Waals surface area contributed by atoms with Crippen molar-refractivity contribution >= 4 is 11.9 Å². The zero-order valence-corrected chi connectivity index (χ0v) is 13.0. The molecule has 0 spiro atoms. The summed E-state index contributed by atoms with van der Waals surface area (Å²) in [6.45, 7) is 3.93. The van der Waals surface area contributed by atoms with Gasteiger partial charge in [-0.05, 0) is 24.5 Å². The van der Waals surface area contributed by atoms with E-state index >= 15 is 0 Å². The second kappa shape index (κ2) is 5.94. The number of carbonyl (C=O) groups is 2. The van der Waals surface area contributed by atoms with Gasteiger partial charge in [0.15, 0.2) is 6.10 Å². The molecule has 0 radical (unpaired) electrons. The first-order valence-corrected chi connectivity index (χ1v) is 7.77. The molecule has 2 aliphatic heterocycles. The minimum atomic E-state index is -1.19. The van der Waals surface area contributed by atoms with Crippen LogP contribution in [0, 0.1) is 11.8 Å². The number of aliphatic hydroxyl groups is 1. The minimum Gasteiger partial charge on any atom is -0.478 e. The third-order valence-electron chi connectivity index (χ3n) is 4.88. The van der Waals surface area contributed by atoms with Gasteiger partial charge in [-0.3, -0.25) is 0 Å². The minimum absolute atomic E-state index is 0.0204. The summed E-state index contributed by atoms with van der Waals surface area (Å²) in [4.78, 5) is 23.6. The number of hydrogen-bond donors (Lipinski definition) is 2. The Morgan fingerprint density at radius 1 is 1.22 bits per heavy atom. The van der Waals surface area contributed by atoms with Gasteiger partial charge < -0.3 is 19.7 Å². The topological polar surface area (TPSA) is 93.1 Å². The van der Waals surface area contributed by atoms with E-state index in [1.807, 2.05) is 6.92 Å². The number of hydrogen-bond acceptors (Lipinski definition) is 5. The van der Waals surface area contributed by atoms with Crippen LogP contribution < -0.4 is 0 Å². The highest BCUT2D eigenvalue weighted by Crippen LogP contribution is 2.41. The van der Waals surface area contributed by atoms with Crippen LogP contribution in [0.15, 0.2) is 24.3 Å². The Hall–Kier alpha value is -1.92. The van der Waals surface area contributed by atoms with Crippen LogP contribution in [0.4, 0.5) is 0 Å². The van der Waals surface area contributed by atoms with Crippen molar-refractivity contribution in [2.45, 2.75) is 44.7 Å². The van der Waals surface area contributed by atoms with E-state index in [0.29, 0.717) is 12.3 Å². The lowest BCUT2D eigenvalue weighted by Crippen LogP contribution is -2.51. The first-order valence-electron chi connectivity index (χ1n) is 7.77. The summed E-state index contributed by atoms with van der Waals surface area (Å²) in [6, 6.07) is 5.88. The Morgan fingerprint density at radius 3 is 2.52 bits per heavy atom. The monoisotopic (exact) mass is 320 g/mol. The molecule has 2 fully saturated rings. The molecule has 2 bridgehead atoms. The normalized spacial score (nSPS) is 35.8. The molecule has 124 valence electrons. The smallest absolute Gasteiger partial charge is 0.339 e. The highest BCUT2D eigenvalue weighted by Gasteiger charge is 2.52. The fraction of sp³-hybridized carbons (Fsp3) is 0.529. The lowest BCUT2D eigenvalue weighted by atomic mass is 9.89. The molecule has 2 N–H and O–H groups in total. The standard InChI is InChI=1S/C17H20O6/c1-8-7-12-15(13(18)9(2)14(8)22-12)23-17(21)11-6-4-3-5-10(11)16(19)20/h3-6,8-9,12-15,18H,7H2,1-2H3,(H,19,20)/t8-,9+,12+,13+,14-,15-/m1/s1. The quantitative estimate of drug-likeness (QED) is 0.824. The Morgan fingerprint density at radius 2 is 1.87 bits per heavy atom. The predicted octanol–water partition coefficient (Wildman–Crippen LogP) is 1.71. The van der Waals surface area contributed by atoms with Gasteiger partial charge in [-0.15, -0.1) is 0 Å². The number of esters is 1. The van der Waals surface area contributed by atoms with E-state index in [1.54, 1.807) is 12.1 Å². The number of fused-ring (bicyclic) bond motifs is 2. The molecule has 2 aliphatic rings. The number of aliphatic hydroxyl groups excluding tert-OH is 1. The van der Waals surface area contributed by atoms with E-state index in [4.69, 9.17) is 9.47 Å². The van der Waals surface area contributed by atoms with Gasteiger partial charge >= 0.3 is 11.9 Å². The van der Waals surface area contributed by atoms with Crippen molar-refractivity contribution in [1.29, 1.82) is 0 Å². The Labute approximate surface area is 134 Å². The van der Waals surface area contributed by atoms with E-state index in [1.165, 1.54) is 12.1 Å². The predicted molar refractivity (Wildman–Crippen MR) is 80.2 cm³/mol. The molecule has 0 amide bonds. The fourth-order valence-corrected chi connectivity index (χ4v) is 3.64. The van der Waals surface area contributed by atoms with Gasteiger partial charge in [-0.1, -0.05) is 26.0 Å². The number of aromatic carboxylic acids is 1. The van der Waals surface area contributed by atoms with Gasteiger partial charge in [0.2, 0.25) is 0 Å². The van der Waals surface area contributed by atoms with Gasteiger partial charge in [0, 0.05) is 5.92 Å². The molecule has 0 unspecified atom stereocenters. The summed E-state index contributed by atoms with van der Waals surface area (Å²) in [7, 11) is 0. The molecule has 6 atom stereocenters. The van der Waals surface area contributed by atoms with Gasteiger partial charge in [0.05, 0.1) is 29.4 Å². The van der Waals surface area contributed by atoms with Crippen LogP contribution in [0.2, 0.25) is 0 Å². The average Bonchev–Trinajstić information content (AvgIpc) is 2.88. The highest BCUT2D eigenvalue weighted by molar-refractivity contribution is 6.02. The molecule has 6 nitrogen and oxygen atoms in total. The van der Waals surface area contributed by atoms with Gasteiger partial charge in [-0.25, -0.2) is 9.59 Å². The van der Waals surface area contributed by atoms with Crippen molar-refractivity contribution in [3.8, 4) is 0 Å². The second-order valence-corrected chi connectivity index (χ2v) is 6.42. The molecule has 6 heteroatoms. The number of rotatable bonds is 3. The van der Waals surface area contributed by atoms with E-state index in [9.17, 15) is 19.8 Å². The molecule has 2 saturated heterocycles. The lowest BCUT2D eigenvalue weighted by molar-refractivity contribution is -0.170. The van der Waals surface area contributed by atoms with Gasteiger partial charge in [0.25, 0.3) is 0 Å². The molecule has 2 heterocycles. The van der Waals surface area contributed by atoms with Crippen LogP contribution in [0.25, 0.3) is 0 Å². The maximum atomic E-state index is 12.4. The van der Waals surface area contributed by atoms with Crippen LogP contribution in [-0.4, -0.2) is 46.6 Å². The summed E-state index contributed by atoms with van der Waals surface area (Å²) >= 11 is 0. The number of ether oxygens (including phenoxy) is 2. The average molecular weight is 320 g/mol. The van der Waals surface area contributed by atoms with Gasteiger partial charge in [0.1, 0.15) is 0 Å².